The highest BCUT2D eigenvalue weighted by Gasteiger charge is 2.57. The molecule has 3 N–H and O–H groups in total. The molecular formula is C26H33N3O6. The summed E-state index contributed by atoms with van der Waals surface area (Å²) in [5.41, 5.74) is 0.518. The van der Waals surface area contributed by atoms with E-state index in [2.05, 4.69) is 10.6 Å². The molecule has 9 heteroatoms. The summed E-state index contributed by atoms with van der Waals surface area (Å²) in [6, 6.07) is 5.46. The van der Waals surface area contributed by atoms with Gasteiger partial charge in [-0.2, -0.15) is 0 Å². The van der Waals surface area contributed by atoms with Crippen molar-refractivity contribution in [1.82, 2.24) is 10.2 Å². The molecule has 1 saturated heterocycles. The molecule has 5 aliphatic rings. The second-order valence-electron chi connectivity index (χ2n) is 10.9. The summed E-state index contributed by atoms with van der Waals surface area (Å²) in [7, 11) is 1.54. The Morgan fingerprint density at radius 2 is 1.60 bits per heavy atom. The van der Waals surface area contributed by atoms with Crippen LogP contribution in [0.2, 0.25) is 0 Å². The van der Waals surface area contributed by atoms with E-state index in [1.165, 1.54) is 31.2 Å². The van der Waals surface area contributed by atoms with Crippen molar-refractivity contribution < 1.29 is 29.0 Å². The lowest BCUT2D eigenvalue weighted by atomic mass is 9.49. The van der Waals surface area contributed by atoms with Crippen molar-refractivity contribution in [3.8, 4) is 0 Å². The number of carbonyl (C=O) groups excluding carboxylic acids is 4. The number of amides is 3. The molecule has 2 atom stereocenters. The fraction of sp³-hybridized carbons (Fsp3) is 0.615. The Balaban J connectivity index is 1.18. The Kier molecular flexibility index (Phi) is 6.29. The van der Waals surface area contributed by atoms with Crippen LogP contribution < -0.4 is 10.6 Å². The minimum absolute atomic E-state index is 0.0178. The first-order chi connectivity index (χ1) is 16.8. The summed E-state index contributed by atoms with van der Waals surface area (Å²) >= 11 is 0. The van der Waals surface area contributed by atoms with Gasteiger partial charge in [-0.3, -0.25) is 14.4 Å². The average Bonchev–Trinajstić information content (AvgIpc) is 3.22. The van der Waals surface area contributed by atoms with Crippen molar-refractivity contribution in [1.29, 1.82) is 0 Å². The molecule has 0 aromatic heterocycles. The number of aliphatic hydroxyl groups excluding tert-OH is 1. The van der Waals surface area contributed by atoms with Crippen molar-refractivity contribution in [3.05, 3.63) is 29.8 Å². The first-order valence-electron chi connectivity index (χ1n) is 12.5. The summed E-state index contributed by atoms with van der Waals surface area (Å²) in [6.07, 6.45) is 5.63. The molecule has 35 heavy (non-hydrogen) atoms. The predicted molar refractivity (Wildman–Crippen MR) is 126 cm³/mol. The van der Waals surface area contributed by atoms with Gasteiger partial charge >= 0.3 is 5.97 Å². The van der Waals surface area contributed by atoms with Gasteiger partial charge in [0.25, 0.3) is 11.8 Å². The van der Waals surface area contributed by atoms with Gasteiger partial charge in [-0.1, -0.05) is 0 Å². The highest BCUT2D eigenvalue weighted by molar-refractivity contribution is 5.96. The molecular weight excluding hydrogens is 450 g/mol. The number of aliphatic hydroxyl groups is 1. The maximum absolute atomic E-state index is 13.7. The number of likely N-dealkylation sites (tertiary alicyclic amines) is 1. The van der Waals surface area contributed by atoms with Crippen LogP contribution in [-0.2, 0) is 19.1 Å². The number of nitrogens with one attached hydrogen (secondary N) is 2. The van der Waals surface area contributed by atoms with Crippen LogP contribution in [0.5, 0.6) is 0 Å². The Hall–Kier alpha value is -2.94. The van der Waals surface area contributed by atoms with Gasteiger partial charge < -0.3 is 25.4 Å². The molecule has 9 nitrogen and oxygen atoms in total. The van der Waals surface area contributed by atoms with E-state index < -0.39 is 36.0 Å². The third-order valence-corrected chi connectivity index (χ3v) is 8.31. The smallest absolute Gasteiger partial charge is 0.329 e. The Morgan fingerprint density at radius 1 is 1.00 bits per heavy atom. The predicted octanol–water partition coefficient (Wildman–Crippen LogP) is 1.71. The lowest BCUT2D eigenvalue weighted by Crippen LogP contribution is -2.56. The van der Waals surface area contributed by atoms with E-state index in [-0.39, 0.29) is 24.8 Å². The molecule has 1 unspecified atom stereocenters. The normalized spacial score (nSPS) is 32.9. The molecule has 6 rings (SSSR count). The summed E-state index contributed by atoms with van der Waals surface area (Å²) in [5, 5.41) is 15.4. The first kappa shape index (κ1) is 23.8. The lowest BCUT2D eigenvalue weighted by Gasteiger charge is -2.56. The number of carbonyl (C=O) groups is 4. The van der Waals surface area contributed by atoms with Crippen LogP contribution in [0, 0.1) is 23.2 Å². The first-order valence-corrected chi connectivity index (χ1v) is 12.5. The van der Waals surface area contributed by atoms with Crippen molar-refractivity contribution in [2.75, 3.05) is 25.5 Å². The van der Waals surface area contributed by atoms with Gasteiger partial charge in [0.05, 0.1) is 11.5 Å². The highest BCUT2D eigenvalue weighted by atomic mass is 16.5. The minimum atomic E-state index is -0.870. The van der Waals surface area contributed by atoms with Crippen LogP contribution in [-0.4, -0.2) is 66.0 Å². The monoisotopic (exact) mass is 483 g/mol. The molecule has 4 aliphatic carbocycles. The topological polar surface area (TPSA) is 125 Å². The van der Waals surface area contributed by atoms with E-state index in [1.807, 2.05) is 0 Å². The summed E-state index contributed by atoms with van der Waals surface area (Å²) < 4.78 is 5.27. The SMILES string of the molecule is CNC(=O)c1ccc(NC(=O)COC(=O)[C@@H]2CC(O)CN2C(=O)C23CC4CC(CC(C4)C2)C3)cc1. The van der Waals surface area contributed by atoms with E-state index in [1.54, 1.807) is 24.3 Å². The molecule has 1 heterocycles. The second-order valence-corrected chi connectivity index (χ2v) is 10.9. The molecule has 5 fully saturated rings. The molecule has 1 aliphatic heterocycles. The maximum atomic E-state index is 13.7. The Labute approximate surface area is 204 Å². The number of esters is 1. The van der Waals surface area contributed by atoms with E-state index >= 15 is 0 Å². The third-order valence-electron chi connectivity index (χ3n) is 8.31. The molecule has 3 amide bonds. The lowest BCUT2D eigenvalue weighted by molar-refractivity contribution is -0.166. The van der Waals surface area contributed by atoms with E-state index in [4.69, 9.17) is 4.74 Å². The van der Waals surface area contributed by atoms with Crippen molar-refractivity contribution in [2.24, 2.45) is 23.2 Å². The minimum Gasteiger partial charge on any atom is -0.454 e. The summed E-state index contributed by atoms with van der Waals surface area (Å²) in [5.74, 6) is 0.346. The van der Waals surface area contributed by atoms with Gasteiger partial charge in [0.1, 0.15) is 6.04 Å². The molecule has 0 spiro atoms. The standard InChI is InChI=1S/C26H33N3O6/c1-27-23(32)18-2-4-19(5-3-18)28-22(31)14-35-24(33)21-9-20(30)13-29(21)25(34)26-10-15-6-16(11-26)8-17(7-15)12-26/h2-5,15-17,20-21,30H,6-14H2,1H3,(H,27,32)(H,28,31)/t15?,16?,17?,20?,21-,26?/m0/s1. The molecule has 1 aromatic rings. The largest absolute Gasteiger partial charge is 0.454 e. The fourth-order valence-corrected chi connectivity index (χ4v) is 7.22. The van der Waals surface area contributed by atoms with Crippen molar-refractivity contribution >= 4 is 29.4 Å². The number of benzene rings is 1. The maximum Gasteiger partial charge on any atom is 0.329 e. The van der Waals surface area contributed by atoms with Crippen LogP contribution >= 0.6 is 0 Å². The van der Waals surface area contributed by atoms with Gasteiger partial charge in [-0.05, 0) is 80.5 Å². The van der Waals surface area contributed by atoms with Gasteiger partial charge in [0.2, 0.25) is 5.91 Å². The molecule has 1 aromatic carbocycles. The molecule has 0 radical (unpaired) electrons. The number of nitrogens with zero attached hydrogens (tertiary/aromatic N) is 1. The van der Waals surface area contributed by atoms with Gasteiger partial charge in [-0.15, -0.1) is 0 Å². The number of hydrogen-bond acceptors (Lipinski definition) is 6. The van der Waals surface area contributed by atoms with Gasteiger partial charge in [0.15, 0.2) is 6.61 Å². The zero-order valence-corrected chi connectivity index (χ0v) is 20.0. The Bertz CT molecular complexity index is 987. The van der Waals surface area contributed by atoms with Gasteiger partial charge in [0, 0.05) is 31.3 Å². The zero-order chi connectivity index (χ0) is 24.7. The summed E-state index contributed by atoms with van der Waals surface area (Å²) in [6.45, 7) is -0.369. The molecule has 4 saturated carbocycles. The molecule has 4 bridgehead atoms. The van der Waals surface area contributed by atoms with Crippen LogP contribution in [0.3, 0.4) is 0 Å². The van der Waals surface area contributed by atoms with Crippen molar-refractivity contribution in [3.63, 3.8) is 0 Å². The number of ether oxygens (including phenoxy) is 1. The number of β-amino-alcohol motifs (C(OH)–C–C–N with tert-alkyl or cyclic N) is 1. The third kappa shape index (κ3) is 4.66. The Morgan fingerprint density at radius 3 is 2.17 bits per heavy atom. The second kappa shape index (κ2) is 9.26. The van der Waals surface area contributed by atoms with Crippen molar-refractivity contribution in [2.45, 2.75) is 57.1 Å². The van der Waals surface area contributed by atoms with Crippen LogP contribution in [0.4, 0.5) is 5.69 Å². The van der Waals surface area contributed by atoms with Gasteiger partial charge in [-0.25, -0.2) is 4.79 Å². The van der Waals surface area contributed by atoms with E-state index in [0.717, 1.165) is 19.3 Å². The summed E-state index contributed by atoms with van der Waals surface area (Å²) in [4.78, 5) is 52.1. The van der Waals surface area contributed by atoms with Crippen LogP contribution in [0.1, 0.15) is 55.3 Å². The van der Waals surface area contributed by atoms with Crippen LogP contribution in [0.15, 0.2) is 24.3 Å². The number of anilines is 1. The number of hydrogen-bond donors (Lipinski definition) is 3. The van der Waals surface area contributed by atoms with E-state index in [9.17, 15) is 24.3 Å². The molecule has 188 valence electrons. The van der Waals surface area contributed by atoms with Crippen LogP contribution in [0.25, 0.3) is 0 Å². The quantitative estimate of drug-likeness (QED) is 0.529. The highest BCUT2D eigenvalue weighted by Crippen LogP contribution is 2.60. The van der Waals surface area contributed by atoms with E-state index in [0.29, 0.717) is 29.0 Å². The fourth-order valence-electron chi connectivity index (χ4n) is 7.22. The average molecular weight is 484 g/mol. The zero-order valence-electron chi connectivity index (χ0n) is 20.0. The number of rotatable bonds is 6.